The van der Waals surface area contributed by atoms with Gasteiger partial charge in [0.05, 0.1) is 18.1 Å². The van der Waals surface area contributed by atoms with Gasteiger partial charge in [0, 0.05) is 29.9 Å². The average Bonchev–Trinajstić information content (AvgIpc) is 2.73. The molecule has 23 heavy (non-hydrogen) atoms. The highest BCUT2D eigenvalue weighted by molar-refractivity contribution is 8.01. The van der Waals surface area contributed by atoms with Crippen LogP contribution in [-0.4, -0.2) is 36.9 Å². The summed E-state index contributed by atoms with van der Waals surface area (Å²) in [6, 6.07) is 8.20. The van der Waals surface area contributed by atoms with Gasteiger partial charge in [0.25, 0.3) is 0 Å². The summed E-state index contributed by atoms with van der Waals surface area (Å²) >= 11 is 1.30. The topological polar surface area (TPSA) is 46.6 Å². The van der Waals surface area contributed by atoms with Crippen molar-refractivity contribution in [2.75, 3.05) is 24.8 Å². The van der Waals surface area contributed by atoms with Crippen molar-refractivity contribution < 1.29 is 14.3 Å². The number of esters is 1. The number of hydrogen-bond donors (Lipinski definition) is 0. The van der Waals surface area contributed by atoms with E-state index in [1.165, 1.54) is 24.4 Å². The summed E-state index contributed by atoms with van der Waals surface area (Å²) < 4.78 is 4.61. The number of ether oxygens (including phenoxy) is 1. The lowest BCUT2D eigenvalue weighted by Crippen LogP contribution is -2.25. The third kappa shape index (κ3) is 3.44. The van der Waals surface area contributed by atoms with Crippen molar-refractivity contribution in [2.45, 2.75) is 31.4 Å². The maximum Gasteiger partial charge on any atom is 0.315 e. The molecule has 0 bridgehead atoms. The van der Waals surface area contributed by atoms with E-state index in [4.69, 9.17) is 0 Å². The highest BCUT2D eigenvalue weighted by Gasteiger charge is 2.38. The van der Waals surface area contributed by atoms with Crippen LogP contribution in [0.4, 0.5) is 5.69 Å². The Morgan fingerprint density at radius 1 is 1.35 bits per heavy atom. The number of likely N-dealkylation sites (N-methyl/N-ethyl adjacent to an activating group) is 1. The minimum Gasteiger partial charge on any atom is -0.468 e. The van der Waals surface area contributed by atoms with E-state index in [0.717, 1.165) is 11.4 Å². The fourth-order valence-corrected chi connectivity index (χ4v) is 3.58. The number of carbonyl (C=O) groups excluding carboxylic acids is 2. The second kappa shape index (κ2) is 6.79. The van der Waals surface area contributed by atoms with E-state index < -0.39 is 0 Å². The molecule has 5 heteroatoms. The number of rotatable bonds is 5. The minimum absolute atomic E-state index is 0.0154. The highest BCUT2D eigenvalue weighted by Crippen LogP contribution is 2.46. The van der Waals surface area contributed by atoms with E-state index in [-0.39, 0.29) is 28.2 Å². The zero-order valence-corrected chi connectivity index (χ0v) is 15.1. The Morgan fingerprint density at radius 3 is 2.61 bits per heavy atom. The zero-order valence-electron chi connectivity index (χ0n) is 14.3. The summed E-state index contributed by atoms with van der Waals surface area (Å²) in [5, 5.41) is -0.283. The number of carbonyl (C=O) groups is 2. The molecule has 0 aromatic heterocycles. The van der Waals surface area contributed by atoms with Gasteiger partial charge in [0.15, 0.2) is 5.78 Å². The first-order chi connectivity index (χ1) is 10.8. The van der Waals surface area contributed by atoms with Crippen LogP contribution >= 0.6 is 11.8 Å². The van der Waals surface area contributed by atoms with Crippen molar-refractivity contribution in [1.29, 1.82) is 0 Å². The van der Waals surface area contributed by atoms with Gasteiger partial charge in [-0.2, -0.15) is 0 Å². The van der Waals surface area contributed by atoms with E-state index >= 15 is 0 Å². The Morgan fingerprint density at radius 2 is 2.00 bits per heavy atom. The van der Waals surface area contributed by atoms with Crippen molar-refractivity contribution in [3.63, 3.8) is 0 Å². The number of benzene rings is 1. The van der Waals surface area contributed by atoms with Crippen molar-refractivity contribution in [2.24, 2.45) is 0 Å². The van der Waals surface area contributed by atoms with Crippen LogP contribution in [0.1, 0.15) is 26.3 Å². The van der Waals surface area contributed by atoms with Crippen molar-refractivity contribution in [3.8, 4) is 0 Å². The molecule has 1 heterocycles. The van der Waals surface area contributed by atoms with Gasteiger partial charge in [-0.3, -0.25) is 9.59 Å². The van der Waals surface area contributed by atoms with Crippen LogP contribution in [0.3, 0.4) is 0 Å². The number of ketones is 1. The number of anilines is 1. The van der Waals surface area contributed by atoms with E-state index in [1.54, 1.807) is 6.08 Å². The maximum absolute atomic E-state index is 12.5. The second-order valence-corrected chi connectivity index (χ2v) is 7.49. The first-order valence-electron chi connectivity index (χ1n) is 7.56. The molecule has 1 unspecified atom stereocenters. The van der Waals surface area contributed by atoms with Gasteiger partial charge in [-0.1, -0.05) is 32.0 Å². The standard InChI is InChI=1S/C18H23NO3S/c1-12(23-11-17(21)22-5)15(20)10-16-18(2,3)13-8-6-7-9-14(13)19(16)4/h6-10,12H,11H2,1-5H3/b16-10+. The molecule has 0 saturated heterocycles. The molecule has 1 aliphatic heterocycles. The first kappa shape index (κ1) is 17.6. The Hall–Kier alpha value is -1.75. The Labute approximate surface area is 141 Å². The van der Waals surface area contributed by atoms with Crippen LogP contribution < -0.4 is 4.90 Å². The molecule has 1 atom stereocenters. The molecule has 2 rings (SSSR count). The van der Waals surface area contributed by atoms with E-state index in [1.807, 2.05) is 26.1 Å². The van der Waals surface area contributed by atoms with E-state index in [0.29, 0.717) is 0 Å². The number of allylic oxidation sites excluding steroid dienone is 2. The number of nitrogens with zero attached hydrogens (tertiary/aromatic N) is 1. The van der Waals surface area contributed by atoms with Gasteiger partial charge in [0.2, 0.25) is 0 Å². The molecular formula is C18H23NO3S. The summed E-state index contributed by atoms with van der Waals surface area (Å²) in [7, 11) is 3.34. The van der Waals surface area contributed by atoms with E-state index in [9.17, 15) is 9.59 Å². The molecule has 1 aromatic rings. The lowest BCUT2D eigenvalue weighted by atomic mass is 9.83. The largest absolute Gasteiger partial charge is 0.468 e. The quantitative estimate of drug-likeness (QED) is 0.612. The smallest absolute Gasteiger partial charge is 0.315 e. The van der Waals surface area contributed by atoms with Crippen molar-refractivity contribution in [1.82, 2.24) is 0 Å². The van der Waals surface area contributed by atoms with Gasteiger partial charge in [-0.15, -0.1) is 11.8 Å². The Balaban J connectivity index is 2.19. The number of hydrogen-bond acceptors (Lipinski definition) is 5. The Kier molecular flexibility index (Phi) is 5.19. The molecule has 1 aromatic carbocycles. The molecule has 0 spiro atoms. The normalized spacial score (nSPS) is 18.7. The van der Waals surface area contributed by atoms with Crippen LogP contribution in [0.25, 0.3) is 0 Å². The van der Waals surface area contributed by atoms with Crippen molar-refractivity contribution in [3.05, 3.63) is 41.6 Å². The fourth-order valence-electron chi connectivity index (χ4n) is 2.85. The SMILES string of the molecule is COC(=O)CSC(C)C(=O)/C=C1/N(C)c2ccccc2C1(C)C. The first-order valence-corrected chi connectivity index (χ1v) is 8.61. The number of thioether (sulfide) groups is 1. The molecular weight excluding hydrogens is 310 g/mol. The van der Waals surface area contributed by atoms with Crippen LogP contribution in [0.15, 0.2) is 36.0 Å². The summed E-state index contributed by atoms with van der Waals surface area (Å²) in [6.45, 7) is 6.07. The van der Waals surface area contributed by atoms with Gasteiger partial charge >= 0.3 is 5.97 Å². The van der Waals surface area contributed by atoms with Crippen LogP contribution in [0.2, 0.25) is 0 Å². The molecule has 1 aliphatic rings. The lowest BCUT2D eigenvalue weighted by molar-refractivity contribution is -0.137. The number of fused-ring (bicyclic) bond motifs is 1. The van der Waals surface area contributed by atoms with Gasteiger partial charge in [-0.05, 0) is 18.6 Å². The number of para-hydroxylation sites is 1. The van der Waals surface area contributed by atoms with E-state index in [2.05, 4.69) is 35.6 Å². The predicted octanol–water partition coefficient (Wildman–Crippen LogP) is 3.16. The highest BCUT2D eigenvalue weighted by atomic mass is 32.2. The molecule has 0 radical (unpaired) electrons. The predicted molar refractivity (Wildman–Crippen MR) is 94.9 cm³/mol. The lowest BCUT2D eigenvalue weighted by Gasteiger charge is -2.24. The molecule has 4 nitrogen and oxygen atoms in total. The molecule has 0 fully saturated rings. The zero-order chi connectivity index (χ0) is 17.2. The average molecular weight is 333 g/mol. The third-order valence-corrected chi connectivity index (χ3v) is 5.43. The van der Waals surface area contributed by atoms with Crippen molar-refractivity contribution >= 4 is 29.2 Å². The molecule has 0 amide bonds. The fraction of sp³-hybridized carbons (Fsp3) is 0.444. The molecule has 0 N–H and O–H groups in total. The second-order valence-electron chi connectivity index (χ2n) is 6.16. The maximum atomic E-state index is 12.5. The van der Waals surface area contributed by atoms with Gasteiger partial charge < -0.3 is 9.64 Å². The van der Waals surface area contributed by atoms with Crippen LogP contribution in [0.5, 0.6) is 0 Å². The minimum atomic E-state index is -0.312. The summed E-state index contributed by atoms with van der Waals surface area (Å²) in [5.74, 6) is -0.110. The monoisotopic (exact) mass is 333 g/mol. The summed E-state index contributed by atoms with van der Waals surface area (Å²) in [6.07, 6.45) is 1.72. The molecule has 0 saturated carbocycles. The van der Waals surface area contributed by atoms with Gasteiger partial charge in [0.1, 0.15) is 0 Å². The Bertz CT molecular complexity index is 651. The van der Waals surface area contributed by atoms with Crippen LogP contribution in [-0.2, 0) is 19.7 Å². The molecule has 124 valence electrons. The summed E-state index contributed by atoms with van der Waals surface area (Å²) in [5.41, 5.74) is 3.12. The molecule has 0 aliphatic carbocycles. The third-order valence-electron chi connectivity index (χ3n) is 4.30. The van der Waals surface area contributed by atoms with Gasteiger partial charge in [-0.25, -0.2) is 0 Å². The number of methoxy groups -OCH3 is 1. The summed E-state index contributed by atoms with van der Waals surface area (Å²) in [4.78, 5) is 25.8. The van der Waals surface area contributed by atoms with Crippen LogP contribution in [0, 0.1) is 0 Å².